The number of likely N-dealkylation sites (tertiary alicyclic amines) is 2. The lowest BCUT2D eigenvalue weighted by atomic mass is 9.72. The predicted molar refractivity (Wildman–Crippen MR) is 91.4 cm³/mol. The minimum atomic E-state index is 0.342. The minimum Gasteiger partial charge on any atom is -0.496 e. The summed E-state index contributed by atoms with van der Waals surface area (Å²) >= 11 is 0. The highest BCUT2D eigenvalue weighted by molar-refractivity contribution is 5.77. The molecule has 2 heterocycles. The van der Waals surface area contributed by atoms with Gasteiger partial charge in [0, 0.05) is 31.6 Å². The maximum atomic E-state index is 11.9. The molecule has 23 heavy (non-hydrogen) atoms. The van der Waals surface area contributed by atoms with Crippen LogP contribution in [-0.2, 0) is 11.3 Å². The van der Waals surface area contributed by atoms with Crippen LogP contribution in [0.3, 0.4) is 0 Å². The van der Waals surface area contributed by atoms with Gasteiger partial charge in [0.05, 0.1) is 7.11 Å². The van der Waals surface area contributed by atoms with E-state index in [9.17, 15) is 4.79 Å². The number of carbonyl (C=O) groups excluding carboxylic acids is 1. The van der Waals surface area contributed by atoms with E-state index in [2.05, 4.69) is 28.9 Å². The van der Waals surface area contributed by atoms with Crippen molar-refractivity contribution in [2.75, 3.05) is 33.3 Å². The molecule has 0 aliphatic carbocycles. The van der Waals surface area contributed by atoms with Crippen molar-refractivity contribution in [2.24, 2.45) is 5.41 Å². The lowest BCUT2D eigenvalue weighted by molar-refractivity contribution is -0.138. The number of methoxy groups -OCH3 is 1. The molecule has 1 aromatic rings. The number of rotatable bonds is 4. The smallest absolute Gasteiger partial charge is 0.222 e. The second kappa shape index (κ2) is 6.91. The molecule has 4 heteroatoms. The Morgan fingerprint density at radius 3 is 2.61 bits per heavy atom. The van der Waals surface area contributed by atoms with E-state index in [1.54, 1.807) is 7.11 Å². The van der Waals surface area contributed by atoms with Gasteiger partial charge >= 0.3 is 0 Å². The van der Waals surface area contributed by atoms with Crippen molar-refractivity contribution in [3.63, 3.8) is 0 Å². The van der Waals surface area contributed by atoms with Gasteiger partial charge in [-0.15, -0.1) is 0 Å². The number of nitrogens with zero attached hydrogens (tertiary/aromatic N) is 2. The van der Waals surface area contributed by atoms with Crippen molar-refractivity contribution >= 4 is 5.91 Å². The van der Waals surface area contributed by atoms with E-state index in [1.807, 2.05) is 12.1 Å². The lowest BCUT2D eigenvalue weighted by Crippen LogP contribution is -2.51. The number of hydrogen-bond donors (Lipinski definition) is 0. The fourth-order valence-corrected chi connectivity index (χ4v) is 4.06. The standard InChI is InChI=1S/C19H28N2O2/c1-3-21-15-19(9-8-18(21)22)10-12-20(13-11-19)14-16-6-4-5-7-17(16)23-2/h4-7H,3,8-15H2,1-2H3. The molecule has 2 aliphatic rings. The third-order valence-corrected chi connectivity index (χ3v) is 5.63. The maximum Gasteiger partial charge on any atom is 0.222 e. The molecule has 2 saturated heterocycles. The minimum absolute atomic E-state index is 0.342. The third-order valence-electron chi connectivity index (χ3n) is 5.63. The van der Waals surface area contributed by atoms with Crippen LogP contribution in [0.15, 0.2) is 24.3 Å². The van der Waals surface area contributed by atoms with Crippen molar-refractivity contribution in [2.45, 2.75) is 39.2 Å². The first-order valence-corrected chi connectivity index (χ1v) is 8.78. The molecule has 0 unspecified atom stereocenters. The zero-order chi connectivity index (χ0) is 16.3. The van der Waals surface area contributed by atoms with Crippen LogP contribution in [0, 0.1) is 5.41 Å². The van der Waals surface area contributed by atoms with Crippen molar-refractivity contribution in [3.05, 3.63) is 29.8 Å². The topological polar surface area (TPSA) is 32.8 Å². The van der Waals surface area contributed by atoms with Crippen molar-refractivity contribution in [1.82, 2.24) is 9.80 Å². The van der Waals surface area contributed by atoms with Crippen LogP contribution in [0.4, 0.5) is 0 Å². The molecule has 0 atom stereocenters. The van der Waals surface area contributed by atoms with Gasteiger partial charge in [-0.05, 0) is 50.8 Å². The van der Waals surface area contributed by atoms with Gasteiger partial charge in [-0.2, -0.15) is 0 Å². The highest BCUT2D eigenvalue weighted by atomic mass is 16.5. The first-order chi connectivity index (χ1) is 11.2. The monoisotopic (exact) mass is 316 g/mol. The number of amides is 1. The quantitative estimate of drug-likeness (QED) is 0.856. The molecular weight excluding hydrogens is 288 g/mol. The third kappa shape index (κ3) is 3.52. The molecule has 0 bridgehead atoms. The second-order valence-electron chi connectivity index (χ2n) is 7.00. The Kier molecular flexibility index (Phi) is 4.90. The molecule has 0 aromatic heterocycles. The predicted octanol–water partition coefficient (Wildman–Crippen LogP) is 2.92. The fraction of sp³-hybridized carbons (Fsp3) is 0.632. The van der Waals surface area contributed by atoms with Crippen LogP contribution in [0.5, 0.6) is 5.75 Å². The SMILES string of the molecule is CCN1CC2(CCC1=O)CCN(Cc1ccccc1OC)CC2. The van der Waals surface area contributed by atoms with E-state index in [-0.39, 0.29) is 0 Å². The normalized spacial score (nSPS) is 21.7. The summed E-state index contributed by atoms with van der Waals surface area (Å²) in [6, 6.07) is 8.29. The van der Waals surface area contributed by atoms with Crippen molar-refractivity contribution in [3.8, 4) is 5.75 Å². The van der Waals surface area contributed by atoms with Crippen molar-refractivity contribution < 1.29 is 9.53 Å². The molecule has 1 aromatic carbocycles. The summed E-state index contributed by atoms with van der Waals surface area (Å²) in [4.78, 5) is 16.5. The Morgan fingerprint density at radius 1 is 1.17 bits per heavy atom. The molecule has 1 amide bonds. The molecule has 1 spiro atoms. The fourth-order valence-electron chi connectivity index (χ4n) is 4.06. The average molecular weight is 316 g/mol. The van der Waals surface area contributed by atoms with Crippen LogP contribution in [0.2, 0.25) is 0 Å². The summed E-state index contributed by atoms with van der Waals surface area (Å²) in [5, 5.41) is 0. The van der Waals surface area contributed by atoms with Gasteiger partial charge in [-0.25, -0.2) is 0 Å². The van der Waals surface area contributed by atoms with E-state index in [1.165, 1.54) is 18.4 Å². The Labute approximate surface area is 139 Å². The zero-order valence-corrected chi connectivity index (χ0v) is 14.4. The van der Waals surface area contributed by atoms with Gasteiger partial charge in [0.1, 0.15) is 5.75 Å². The lowest BCUT2D eigenvalue weighted by Gasteiger charge is -2.47. The summed E-state index contributed by atoms with van der Waals surface area (Å²) in [5.41, 5.74) is 1.63. The molecule has 3 rings (SSSR count). The number of carbonyl (C=O) groups is 1. The van der Waals surface area contributed by atoms with Gasteiger partial charge in [0.2, 0.25) is 5.91 Å². The molecular formula is C19H28N2O2. The van der Waals surface area contributed by atoms with Gasteiger partial charge in [-0.1, -0.05) is 18.2 Å². The van der Waals surface area contributed by atoms with Gasteiger partial charge < -0.3 is 9.64 Å². The average Bonchev–Trinajstić information content (AvgIpc) is 2.60. The molecule has 0 N–H and O–H groups in total. The number of hydrogen-bond acceptors (Lipinski definition) is 3. The highest BCUT2D eigenvalue weighted by Crippen LogP contribution is 2.40. The first kappa shape index (κ1) is 16.3. The van der Waals surface area contributed by atoms with E-state index in [0.717, 1.165) is 51.3 Å². The molecule has 2 fully saturated rings. The van der Waals surface area contributed by atoms with Crippen LogP contribution in [-0.4, -0.2) is 49.0 Å². The molecule has 126 valence electrons. The Morgan fingerprint density at radius 2 is 1.91 bits per heavy atom. The molecule has 2 aliphatic heterocycles. The largest absolute Gasteiger partial charge is 0.496 e. The zero-order valence-electron chi connectivity index (χ0n) is 14.4. The van der Waals surface area contributed by atoms with Crippen LogP contribution >= 0.6 is 0 Å². The summed E-state index contributed by atoms with van der Waals surface area (Å²) < 4.78 is 5.47. The number of para-hydroxylation sites is 1. The van der Waals surface area contributed by atoms with E-state index in [4.69, 9.17) is 4.74 Å². The maximum absolute atomic E-state index is 11.9. The van der Waals surface area contributed by atoms with Crippen LogP contribution < -0.4 is 4.74 Å². The van der Waals surface area contributed by atoms with E-state index >= 15 is 0 Å². The highest BCUT2D eigenvalue weighted by Gasteiger charge is 2.40. The second-order valence-corrected chi connectivity index (χ2v) is 7.00. The van der Waals surface area contributed by atoms with Crippen LogP contribution in [0.25, 0.3) is 0 Å². The van der Waals surface area contributed by atoms with Crippen molar-refractivity contribution in [1.29, 1.82) is 0 Å². The Balaban J connectivity index is 1.59. The van der Waals surface area contributed by atoms with E-state index in [0.29, 0.717) is 11.3 Å². The number of benzene rings is 1. The molecule has 0 saturated carbocycles. The molecule has 0 radical (unpaired) electrons. The summed E-state index contributed by atoms with van der Waals surface area (Å²) in [5.74, 6) is 1.32. The first-order valence-electron chi connectivity index (χ1n) is 8.78. The van der Waals surface area contributed by atoms with Crippen LogP contribution in [0.1, 0.15) is 38.2 Å². The molecule has 4 nitrogen and oxygen atoms in total. The van der Waals surface area contributed by atoms with Gasteiger partial charge in [-0.3, -0.25) is 9.69 Å². The van der Waals surface area contributed by atoms with Gasteiger partial charge in [0.25, 0.3) is 0 Å². The summed E-state index contributed by atoms with van der Waals surface area (Å²) in [6.07, 6.45) is 4.21. The summed E-state index contributed by atoms with van der Waals surface area (Å²) in [7, 11) is 1.74. The van der Waals surface area contributed by atoms with E-state index < -0.39 is 0 Å². The number of piperidine rings is 2. The Bertz CT molecular complexity index is 550. The van der Waals surface area contributed by atoms with Gasteiger partial charge in [0.15, 0.2) is 0 Å². The summed E-state index contributed by atoms with van der Waals surface area (Å²) in [6.45, 7) is 7.09. The Hall–Kier alpha value is -1.55. The number of ether oxygens (including phenoxy) is 1.